The highest BCUT2D eigenvalue weighted by molar-refractivity contribution is 5.76. The molecule has 1 aliphatic carbocycles. The van der Waals surface area contributed by atoms with Gasteiger partial charge in [0.05, 0.1) is 0 Å². The molecule has 0 spiro atoms. The fourth-order valence-corrected chi connectivity index (χ4v) is 3.52. The van der Waals surface area contributed by atoms with Crippen LogP contribution in [-0.2, 0) is 11.2 Å². The number of benzene rings is 1. The van der Waals surface area contributed by atoms with Crippen molar-refractivity contribution in [1.82, 2.24) is 10.2 Å². The van der Waals surface area contributed by atoms with Gasteiger partial charge in [0.1, 0.15) is 0 Å². The van der Waals surface area contributed by atoms with Crippen LogP contribution in [0.5, 0.6) is 0 Å². The predicted molar refractivity (Wildman–Crippen MR) is 91.9 cm³/mol. The molecule has 0 bridgehead atoms. The first-order valence-electron chi connectivity index (χ1n) is 8.69. The zero-order valence-corrected chi connectivity index (χ0v) is 14.1. The first-order chi connectivity index (χ1) is 10.7. The molecule has 1 amide bonds. The molecule has 2 rings (SSSR count). The topological polar surface area (TPSA) is 32.3 Å². The van der Waals surface area contributed by atoms with E-state index in [0.717, 1.165) is 25.7 Å². The highest BCUT2D eigenvalue weighted by Crippen LogP contribution is 2.23. The van der Waals surface area contributed by atoms with Gasteiger partial charge in [0.2, 0.25) is 5.91 Å². The normalized spacial score (nSPS) is 21.5. The lowest BCUT2D eigenvalue weighted by Crippen LogP contribution is -2.51. The molecule has 0 heterocycles. The summed E-state index contributed by atoms with van der Waals surface area (Å²) in [7, 11) is 4.00. The maximum Gasteiger partial charge on any atom is 0.222 e. The Labute approximate surface area is 135 Å². The molecule has 1 aromatic carbocycles. The maximum absolute atomic E-state index is 12.4. The van der Waals surface area contributed by atoms with Crippen molar-refractivity contribution in [3.05, 3.63) is 35.9 Å². The van der Waals surface area contributed by atoms with E-state index in [4.69, 9.17) is 0 Å². The quantitative estimate of drug-likeness (QED) is 0.783. The van der Waals surface area contributed by atoms with E-state index in [1.54, 1.807) is 0 Å². The Hall–Kier alpha value is -1.35. The number of nitrogens with one attached hydrogen (secondary N) is 1. The maximum atomic E-state index is 12.4. The zero-order chi connectivity index (χ0) is 15.8. The van der Waals surface area contributed by atoms with Crippen molar-refractivity contribution in [2.75, 3.05) is 14.1 Å². The molecule has 0 aliphatic heterocycles. The molecule has 22 heavy (non-hydrogen) atoms. The first kappa shape index (κ1) is 17.0. The van der Waals surface area contributed by atoms with Gasteiger partial charge in [0.25, 0.3) is 0 Å². The third-order valence-electron chi connectivity index (χ3n) is 4.94. The van der Waals surface area contributed by atoms with Crippen molar-refractivity contribution < 1.29 is 4.79 Å². The molecule has 1 saturated carbocycles. The molecular formula is C19H30N2O. The van der Waals surface area contributed by atoms with Gasteiger partial charge in [-0.05, 0) is 44.7 Å². The standard InChI is InChI=1S/C19H30N2O/c1-20-17-13-7-8-14-18(17)21(2)19(22)15-9-6-12-16-10-4-3-5-11-16/h3-5,10-11,17-18,20H,6-9,12-15H2,1-2H3/t17-,18-/m1/s1. The highest BCUT2D eigenvalue weighted by atomic mass is 16.2. The molecule has 1 N–H and O–H groups in total. The van der Waals surface area contributed by atoms with Crippen LogP contribution in [-0.4, -0.2) is 37.0 Å². The van der Waals surface area contributed by atoms with E-state index in [0.29, 0.717) is 24.4 Å². The van der Waals surface area contributed by atoms with Gasteiger partial charge in [0, 0.05) is 25.6 Å². The van der Waals surface area contributed by atoms with Crippen molar-refractivity contribution in [2.45, 2.75) is 63.5 Å². The van der Waals surface area contributed by atoms with Gasteiger partial charge in [0.15, 0.2) is 0 Å². The number of aryl methyl sites for hydroxylation is 1. The molecule has 3 nitrogen and oxygen atoms in total. The fourth-order valence-electron chi connectivity index (χ4n) is 3.52. The second-order valence-corrected chi connectivity index (χ2v) is 6.44. The van der Waals surface area contributed by atoms with Gasteiger partial charge in [-0.25, -0.2) is 0 Å². The minimum absolute atomic E-state index is 0.306. The van der Waals surface area contributed by atoms with Crippen LogP contribution in [0.1, 0.15) is 50.5 Å². The van der Waals surface area contributed by atoms with Gasteiger partial charge >= 0.3 is 0 Å². The molecule has 3 heteroatoms. The van der Waals surface area contributed by atoms with Gasteiger partial charge < -0.3 is 10.2 Å². The van der Waals surface area contributed by atoms with Crippen LogP contribution >= 0.6 is 0 Å². The fraction of sp³-hybridized carbons (Fsp3) is 0.632. The van der Waals surface area contributed by atoms with Crippen LogP contribution in [0.15, 0.2) is 30.3 Å². The number of carbonyl (C=O) groups is 1. The lowest BCUT2D eigenvalue weighted by atomic mass is 9.89. The number of hydrogen-bond donors (Lipinski definition) is 1. The highest BCUT2D eigenvalue weighted by Gasteiger charge is 2.29. The smallest absolute Gasteiger partial charge is 0.222 e. The van der Waals surface area contributed by atoms with E-state index in [2.05, 4.69) is 29.6 Å². The second-order valence-electron chi connectivity index (χ2n) is 6.44. The van der Waals surface area contributed by atoms with Crippen LogP contribution in [0.25, 0.3) is 0 Å². The number of hydrogen-bond acceptors (Lipinski definition) is 2. The number of rotatable bonds is 7. The van der Waals surface area contributed by atoms with Crippen molar-refractivity contribution in [2.24, 2.45) is 0 Å². The van der Waals surface area contributed by atoms with Gasteiger partial charge in [-0.3, -0.25) is 4.79 Å². The summed E-state index contributed by atoms with van der Waals surface area (Å²) >= 11 is 0. The predicted octanol–water partition coefficient (Wildman–Crippen LogP) is 3.39. The lowest BCUT2D eigenvalue weighted by molar-refractivity contribution is -0.133. The molecule has 1 fully saturated rings. The number of nitrogens with zero attached hydrogens (tertiary/aromatic N) is 1. The van der Waals surface area contributed by atoms with Gasteiger partial charge in [-0.1, -0.05) is 43.2 Å². The van der Waals surface area contributed by atoms with Crippen molar-refractivity contribution in [1.29, 1.82) is 0 Å². The number of likely N-dealkylation sites (N-methyl/N-ethyl adjacent to an activating group) is 2. The minimum Gasteiger partial charge on any atom is -0.341 e. The monoisotopic (exact) mass is 302 g/mol. The van der Waals surface area contributed by atoms with Gasteiger partial charge in [-0.15, -0.1) is 0 Å². The summed E-state index contributed by atoms with van der Waals surface area (Å²) in [5.74, 6) is 0.306. The Balaban J connectivity index is 1.72. The number of carbonyl (C=O) groups excluding carboxylic acids is 1. The number of amides is 1. The minimum atomic E-state index is 0.306. The third kappa shape index (κ3) is 4.84. The van der Waals surface area contributed by atoms with Crippen molar-refractivity contribution >= 4 is 5.91 Å². The SMILES string of the molecule is CN[C@@H]1CCCC[C@H]1N(C)C(=O)CCCCc1ccccc1. The molecule has 0 radical (unpaired) electrons. The van der Waals surface area contributed by atoms with Crippen LogP contribution in [0.3, 0.4) is 0 Å². The Bertz CT molecular complexity index is 446. The Morgan fingerprint density at radius 1 is 1.18 bits per heavy atom. The van der Waals surface area contributed by atoms with Crippen LogP contribution in [0.2, 0.25) is 0 Å². The molecule has 1 aliphatic rings. The van der Waals surface area contributed by atoms with E-state index in [9.17, 15) is 4.79 Å². The molecule has 0 unspecified atom stereocenters. The lowest BCUT2D eigenvalue weighted by Gasteiger charge is -2.38. The first-order valence-corrected chi connectivity index (χ1v) is 8.69. The van der Waals surface area contributed by atoms with E-state index < -0.39 is 0 Å². The van der Waals surface area contributed by atoms with E-state index in [1.165, 1.54) is 24.8 Å². The largest absolute Gasteiger partial charge is 0.341 e. The summed E-state index contributed by atoms with van der Waals surface area (Å²) in [6.45, 7) is 0. The molecule has 2 atom stereocenters. The summed E-state index contributed by atoms with van der Waals surface area (Å²) in [5, 5.41) is 3.38. The Kier molecular flexibility index (Phi) is 6.91. The summed E-state index contributed by atoms with van der Waals surface area (Å²) in [6.07, 6.45) is 8.66. The van der Waals surface area contributed by atoms with Crippen molar-refractivity contribution in [3.63, 3.8) is 0 Å². The average Bonchev–Trinajstić information content (AvgIpc) is 2.58. The molecular weight excluding hydrogens is 272 g/mol. The van der Waals surface area contributed by atoms with E-state index in [1.807, 2.05) is 25.1 Å². The average molecular weight is 302 g/mol. The Morgan fingerprint density at radius 2 is 1.91 bits per heavy atom. The van der Waals surface area contributed by atoms with Crippen LogP contribution in [0, 0.1) is 0 Å². The van der Waals surface area contributed by atoms with Gasteiger partial charge in [-0.2, -0.15) is 0 Å². The number of unbranched alkanes of at least 4 members (excludes halogenated alkanes) is 1. The zero-order valence-electron chi connectivity index (χ0n) is 14.1. The summed E-state index contributed by atoms with van der Waals surface area (Å²) in [6, 6.07) is 11.4. The summed E-state index contributed by atoms with van der Waals surface area (Å²) in [5.41, 5.74) is 1.37. The molecule has 1 aromatic rings. The molecule has 0 aromatic heterocycles. The molecule has 122 valence electrons. The molecule has 0 saturated heterocycles. The van der Waals surface area contributed by atoms with E-state index >= 15 is 0 Å². The summed E-state index contributed by atoms with van der Waals surface area (Å²) in [4.78, 5) is 14.4. The third-order valence-corrected chi connectivity index (χ3v) is 4.94. The second kappa shape index (κ2) is 8.94. The van der Waals surface area contributed by atoms with Crippen molar-refractivity contribution in [3.8, 4) is 0 Å². The van der Waals surface area contributed by atoms with Crippen LogP contribution in [0.4, 0.5) is 0 Å². The Morgan fingerprint density at radius 3 is 2.64 bits per heavy atom. The van der Waals surface area contributed by atoms with Crippen LogP contribution < -0.4 is 5.32 Å². The van der Waals surface area contributed by atoms with E-state index in [-0.39, 0.29) is 0 Å². The summed E-state index contributed by atoms with van der Waals surface area (Å²) < 4.78 is 0.